The van der Waals surface area contributed by atoms with Gasteiger partial charge in [0, 0.05) is 70.4 Å². The number of carbonyl (C=O) groups is 2. The largest absolute Gasteiger partial charge is 0.477 e. The number of hydrogen-bond donors (Lipinski definition) is 2. The first kappa shape index (κ1) is 68.0. The van der Waals surface area contributed by atoms with Gasteiger partial charge >= 0.3 is 11.9 Å². The Labute approximate surface area is 616 Å². The first-order valence-electron chi connectivity index (χ1n) is 35.4. The first-order valence-corrected chi connectivity index (χ1v) is 38.6. The molecule has 0 atom stereocenters. The van der Waals surface area contributed by atoms with Gasteiger partial charge in [-0.05, 0) is 220 Å². The van der Waals surface area contributed by atoms with Gasteiger partial charge in [-0.25, -0.2) is 9.59 Å². The van der Waals surface area contributed by atoms with Crippen molar-refractivity contribution in [3.63, 3.8) is 0 Å². The molecule has 1 aliphatic carbocycles. The Balaban J connectivity index is 0.849. The van der Waals surface area contributed by atoms with E-state index in [4.69, 9.17) is 0 Å². The number of aryl methyl sites for hydroxylation is 4. The highest BCUT2D eigenvalue weighted by atomic mass is 32.1. The number of thiophene rings is 4. The number of unbranched alkanes of at least 4 members (excludes halogenated alkanes) is 6. The van der Waals surface area contributed by atoms with Crippen molar-refractivity contribution in [2.45, 2.75) is 111 Å². The summed E-state index contributed by atoms with van der Waals surface area (Å²) in [6, 6.07) is 78.8. The van der Waals surface area contributed by atoms with Gasteiger partial charge in [-0.15, -0.1) is 45.3 Å². The molecule has 1 aliphatic rings. The number of fused-ring (bicyclic) bond motifs is 9. The van der Waals surface area contributed by atoms with Crippen LogP contribution in [0.4, 0.5) is 34.1 Å². The van der Waals surface area contributed by atoms with Crippen LogP contribution in [0.25, 0.3) is 96.4 Å². The van der Waals surface area contributed by atoms with E-state index in [9.17, 15) is 30.3 Å². The zero-order valence-electron chi connectivity index (χ0n) is 58.4. The van der Waals surface area contributed by atoms with E-state index in [1.165, 1.54) is 92.2 Å². The Morgan fingerprint density at radius 2 is 0.718 bits per heavy atom. The van der Waals surface area contributed by atoms with Crippen molar-refractivity contribution in [2.75, 3.05) is 9.80 Å². The molecule has 0 bridgehead atoms. The second kappa shape index (κ2) is 28.5. The van der Waals surface area contributed by atoms with Gasteiger partial charge in [-0.2, -0.15) is 10.5 Å². The van der Waals surface area contributed by atoms with Gasteiger partial charge in [0.2, 0.25) is 0 Å². The number of nitrogens with zero attached hydrogens (tertiary/aromatic N) is 6. The molecule has 0 fully saturated rings. The van der Waals surface area contributed by atoms with Gasteiger partial charge < -0.3 is 29.1 Å². The summed E-state index contributed by atoms with van der Waals surface area (Å²) in [5.41, 5.74) is 23.7. The lowest BCUT2D eigenvalue weighted by molar-refractivity contribution is -0.133. The molecule has 10 nitrogen and oxygen atoms in total. The third-order valence-electron chi connectivity index (χ3n) is 20.3. The molecule has 6 aromatic heterocycles. The van der Waals surface area contributed by atoms with Crippen LogP contribution in [0.5, 0.6) is 0 Å². The van der Waals surface area contributed by atoms with E-state index < -0.39 is 11.9 Å². The van der Waals surface area contributed by atoms with Crippen molar-refractivity contribution >= 4 is 144 Å². The number of anilines is 6. The maximum Gasteiger partial charge on any atom is 0.346 e. The minimum absolute atomic E-state index is 0.273. The van der Waals surface area contributed by atoms with E-state index in [1.54, 1.807) is 22.7 Å². The van der Waals surface area contributed by atoms with Crippen molar-refractivity contribution in [2.24, 2.45) is 0 Å². The molecule has 0 saturated carbocycles. The van der Waals surface area contributed by atoms with Crippen LogP contribution in [0, 0.1) is 50.4 Å². The van der Waals surface area contributed by atoms with Crippen molar-refractivity contribution in [3.8, 4) is 55.5 Å². The number of aromatic nitrogens is 2. The summed E-state index contributed by atoms with van der Waals surface area (Å²) in [6.07, 6.45) is 14.1. The summed E-state index contributed by atoms with van der Waals surface area (Å²) >= 11 is 6.57. The maximum atomic E-state index is 12.3. The number of hydrogen-bond acceptors (Lipinski definition) is 10. The highest BCUT2D eigenvalue weighted by molar-refractivity contribution is 7.30. The van der Waals surface area contributed by atoms with Crippen molar-refractivity contribution in [1.82, 2.24) is 9.13 Å². The van der Waals surface area contributed by atoms with Crippen LogP contribution < -0.4 is 9.80 Å². The summed E-state index contributed by atoms with van der Waals surface area (Å²) < 4.78 is 8.87. The maximum absolute atomic E-state index is 12.3. The second-order valence-electron chi connectivity index (χ2n) is 27.3. The van der Waals surface area contributed by atoms with E-state index in [1.807, 2.05) is 24.3 Å². The van der Waals surface area contributed by atoms with Gasteiger partial charge in [0.05, 0.1) is 40.9 Å². The van der Waals surface area contributed by atoms with Gasteiger partial charge in [-0.3, -0.25) is 0 Å². The van der Waals surface area contributed by atoms with Crippen molar-refractivity contribution in [1.29, 1.82) is 10.5 Å². The molecule has 14 aromatic rings. The quantitative estimate of drug-likeness (QED) is 0.0346. The van der Waals surface area contributed by atoms with Gasteiger partial charge in [0.15, 0.2) is 0 Å². The Morgan fingerprint density at radius 1 is 0.408 bits per heavy atom. The number of rotatable bonds is 24. The summed E-state index contributed by atoms with van der Waals surface area (Å²) in [5, 5.41) is 39.9. The van der Waals surface area contributed by atoms with Crippen LogP contribution in [0.1, 0.15) is 121 Å². The number of nitriles is 2. The minimum Gasteiger partial charge on any atom is -0.477 e. The Kier molecular flexibility index (Phi) is 18.8. The predicted octanol–water partition coefficient (Wildman–Crippen LogP) is 25.8. The highest BCUT2D eigenvalue weighted by Gasteiger charge is 2.43. The second-order valence-corrected chi connectivity index (χ2v) is 31.5. The number of carboxylic acid groups (broad SMARTS) is 2. The van der Waals surface area contributed by atoms with Crippen molar-refractivity contribution < 1.29 is 19.8 Å². The molecule has 15 rings (SSSR count). The first-order chi connectivity index (χ1) is 50.1. The fourth-order valence-electron chi connectivity index (χ4n) is 15.0. The molecule has 0 radical (unpaired) electrons. The monoisotopic (exact) mass is 1420 g/mol. The van der Waals surface area contributed by atoms with Crippen LogP contribution >= 0.6 is 45.3 Å². The zero-order chi connectivity index (χ0) is 71.2. The minimum atomic E-state index is -1.25. The summed E-state index contributed by atoms with van der Waals surface area (Å²) in [7, 11) is 0. The van der Waals surface area contributed by atoms with E-state index in [-0.39, 0.29) is 16.6 Å². The molecule has 0 spiro atoms. The molecule has 0 amide bonds. The fraction of sp³-hybridized carbons (Fsp3) is 0.191. The van der Waals surface area contributed by atoms with Crippen LogP contribution in [0.2, 0.25) is 0 Å². The van der Waals surface area contributed by atoms with Crippen LogP contribution in [-0.4, -0.2) is 31.3 Å². The predicted molar refractivity (Wildman–Crippen MR) is 432 cm³/mol. The Hall–Kier alpha value is -10.8. The Morgan fingerprint density at radius 3 is 1.03 bits per heavy atom. The summed E-state index contributed by atoms with van der Waals surface area (Å²) in [6.45, 7) is 13.0. The van der Waals surface area contributed by atoms with Crippen LogP contribution in [0.3, 0.4) is 0 Å². The van der Waals surface area contributed by atoms with Gasteiger partial charge in [-0.1, -0.05) is 160 Å². The van der Waals surface area contributed by atoms with Crippen molar-refractivity contribution in [3.05, 3.63) is 261 Å². The molecule has 6 heterocycles. The topological polar surface area (TPSA) is 139 Å². The van der Waals surface area contributed by atoms with E-state index in [2.05, 4.69) is 255 Å². The van der Waals surface area contributed by atoms with E-state index in [0.29, 0.717) is 9.75 Å². The molecular weight excluding hydrogens is 1350 g/mol. The third-order valence-corrected chi connectivity index (χ3v) is 25.1. The normalized spacial score (nSPS) is 12.7. The summed E-state index contributed by atoms with van der Waals surface area (Å²) in [5.74, 6) is -2.51. The fourth-order valence-corrected chi connectivity index (χ4v) is 19.8. The van der Waals surface area contributed by atoms with Gasteiger partial charge in [0.25, 0.3) is 0 Å². The lowest BCUT2D eigenvalue weighted by Gasteiger charge is -2.33. The smallest absolute Gasteiger partial charge is 0.346 e. The number of carboxylic acids is 2. The average molecular weight is 1420 g/mol. The lowest BCUT2D eigenvalue weighted by atomic mass is 9.70. The van der Waals surface area contributed by atoms with E-state index >= 15 is 0 Å². The highest BCUT2D eigenvalue weighted by Crippen LogP contribution is 2.58. The molecule has 0 unspecified atom stereocenters. The molecule has 103 heavy (non-hydrogen) atoms. The number of aliphatic carboxylic acids is 2. The zero-order valence-corrected chi connectivity index (χ0v) is 61.6. The molecule has 8 aromatic carbocycles. The van der Waals surface area contributed by atoms with Crippen LogP contribution in [-0.2, 0) is 15.0 Å². The summed E-state index contributed by atoms with van der Waals surface area (Å²) in [4.78, 5) is 32.8. The molecule has 14 heteroatoms. The average Bonchev–Trinajstić information content (AvgIpc) is 1.57. The third kappa shape index (κ3) is 12.9. The van der Waals surface area contributed by atoms with Crippen LogP contribution in [0.15, 0.2) is 217 Å². The molecule has 2 N–H and O–H groups in total. The lowest BCUT2D eigenvalue weighted by Crippen LogP contribution is -2.25. The van der Waals surface area contributed by atoms with Gasteiger partial charge in [0.1, 0.15) is 23.3 Å². The molecule has 510 valence electrons. The Bertz CT molecular complexity index is 5280. The SMILES string of the molecule is CCCCCCC1(CCCCCC)c2cc(-c3cc4c(s3)c3sc(/C=C(\C#N)C(=O)O)cc3n4-c3ccc(N(c4ccc(C)cc4)c4ccc(C)cc4)cc3)ccc2-c2ccc(-c3cc4c(s3)c3sc(/C=C(\C#N)C(=O)O)cc3n4-c3ccc(N(c4ccc(C)cc4)c4ccc(C)cc4)cc3)cc21. The van der Waals surface area contributed by atoms with E-state index in [0.717, 1.165) is 159 Å². The molecule has 0 saturated heterocycles. The number of benzene rings is 8. The molecule has 0 aliphatic heterocycles. The molecular formula is C89H76N6O4S4. The standard InChI is InChI=1S/C89H76N6O4S4/c1-7-9-11-13-43-89(44-14-12-10-8-2)75-47-59(81-51-79-85(102-81)83-77(49-71(100-83)45-61(53-90)87(96)97)94(79)69-37-33-67(34-38-69)92(63-25-15-55(3)16-26-63)64-27-17-56(4)18-28-64)23-41-73(75)74-42-24-60(48-76(74)89)82-52-80-86(103-82)84-78(50-72(101-84)46-62(54-91)88(98)99)95(80)70-39-35-68(36-40-70)93(65-29-19-57(5)20-30-65)66-31-21-58(6)22-32-66/h15-42,45-52H,7-14,43-44H2,1-6H3,(H,96,97)(H,98,99)/b61-45+,62-46+.